The predicted molar refractivity (Wildman–Crippen MR) is 72.8 cm³/mol. The van der Waals surface area contributed by atoms with Crippen LogP contribution in [0.2, 0.25) is 0 Å². The van der Waals surface area contributed by atoms with Crippen LogP contribution in [-0.2, 0) is 0 Å². The first-order valence-electron chi connectivity index (χ1n) is 6.71. The molecule has 0 aromatic carbocycles. The second kappa shape index (κ2) is 5.85. The summed E-state index contributed by atoms with van der Waals surface area (Å²) < 4.78 is 0. The van der Waals surface area contributed by atoms with Crippen LogP contribution in [0.5, 0.6) is 0 Å². The number of hydrogen-bond donors (Lipinski definition) is 1. The summed E-state index contributed by atoms with van der Waals surface area (Å²) in [7, 11) is 1.81. The van der Waals surface area contributed by atoms with E-state index in [1.165, 1.54) is 6.42 Å². The van der Waals surface area contributed by atoms with Gasteiger partial charge < -0.3 is 10.2 Å². The van der Waals surface area contributed by atoms with E-state index in [1.54, 1.807) is 12.3 Å². The highest BCUT2D eigenvalue weighted by Gasteiger charge is 2.26. The highest BCUT2D eigenvalue weighted by Crippen LogP contribution is 2.22. The van der Waals surface area contributed by atoms with Gasteiger partial charge in [-0.15, -0.1) is 0 Å². The Morgan fingerprint density at radius 1 is 1.56 bits per heavy atom. The zero-order chi connectivity index (χ0) is 13.0. The molecule has 1 N–H and O–H groups in total. The summed E-state index contributed by atoms with van der Waals surface area (Å²) in [6, 6.07) is 4.02. The molecule has 1 aliphatic heterocycles. The van der Waals surface area contributed by atoms with Crippen molar-refractivity contribution < 1.29 is 4.79 Å². The molecule has 18 heavy (non-hydrogen) atoms. The molecule has 1 aromatic heterocycles. The maximum Gasteiger partial charge on any atom is 0.254 e. The van der Waals surface area contributed by atoms with Crippen molar-refractivity contribution in [2.75, 3.05) is 18.9 Å². The fourth-order valence-electron chi connectivity index (χ4n) is 2.56. The third-order valence-electron chi connectivity index (χ3n) is 3.62. The molecule has 0 spiro atoms. The highest BCUT2D eigenvalue weighted by molar-refractivity contribution is 5.95. The molecule has 1 amide bonds. The number of carbonyl (C=O) groups is 1. The summed E-state index contributed by atoms with van der Waals surface area (Å²) in [5.41, 5.74) is 0.731. The van der Waals surface area contributed by atoms with E-state index in [4.69, 9.17) is 0 Å². The molecule has 0 saturated carbocycles. The van der Waals surface area contributed by atoms with Crippen LogP contribution in [0.3, 0.4) is 0 Å². The molecule has 4 nitrogen and oxygen atoms in total. The summed E-state index contributed by atoms with van der Waals surface area (Å²) in [5.74, 6) is 0.881. The summed E-state index contributed by atoms with van der Waals surface area (Å²) in [4.78, 5) is 18.7. The number of anilines is 1. The Kier molecular flexibility index (Phi) is 4.18. The minimum Gasteiger partial charge on any atom is -0.373 e. The van der Waals surface area contributed by atoms with Crippen molar-refractivity contribution in [3.63, 3.8) is 0 Å². The van der Waals surface area contributed by atoms with Gasteiger partial charge >= 0.3 is 0 Å². The monoisotopic (exact) mass is 247 g/mol. The van der Waals surface area contributed by atoms with Gasteiger partial charge in [-0.25, -0.2) is 4.98 Å². The van der Waals surface area contributed by atoms with Gasteiger partial charge in [0.25, 0.3) is 5.91 Å². The van der Waals surface area contributed by atoms with Gasteiger partial charge in [0.2, 0.25) is 0 Å². The lowest BCUT2D eigenvalue weighted by atomic mass is 9.99. The van der Waals surface area contributed by atoms with Crippen molar-refractivity contribution in [1.82, 2.24) is 9.88 Å². The van der Waals surface area contributed by atoms with Gasteiger partial charge in [-0.05, 0) is 37.8 Å². The molecule has 1 aromatic rings. The molecule has 2 heterocycles. The smallest absolute Gasteiger partial charge is 0.254 e. The lowest BCUT2D eigenvalue weighted by molar-refractivity contribution is 0.0608. The van der Waals surface area contributed by atoms with Crippen molar-refractivity contribution in [3.05, 3.63) is 23.9 Å². The minimum atomic E-state index is 0.139. The number of nitrogens with zero attached hydrogens (tertiary/aromatic N) is 2. The fourth-order valence-corrected chi connectivity index (χ4v) is 2.56. The maximum atomic E-state index is 12.5. The minimum absolute atomic E-state index is 0.139. The van der Waals surface area contributed by atoms with E-state index in [9.17, 15) is 4.79 Å². The van der Waals surface area contributed by atoms with Gasteiger partial charge in [0, 0.05) is 31.4 Å². The van der Waals surface area contributed by atoms with Gasteiger partial charge in [-0.1, -0.05) is 6.92 Å². The molecule has 2 rings (SSSR count). The lowest BCUT2D eigenvalue weighted by Crippen LogP contribution is -2.43. The normalized spacial score (nSPS) is 19.7. The molecule has 98 valence electrons. The number of nitrogens with one attached hydrogen (secondary N) is 1. The van der Waals surface area contributed by atoms with Crippen LogP contribution in [0.4, 0.5) is 5.82 Å². The molecule has 0 bridgehead atoms. The van der Waals surface area contributed by atoms with Crippen LogP contribution in [-0.4, -0.2) is 35.4 Å². The SMILES string of the molecule is CCC1CCCCN1C(=O)c1ccnc(NC)c1. The molecule has 1 atom stereocenters. The van der Waals surface area contributed by atoms with E-state index in [2.05, 4.69) is 17.2 Å². The molecule has 4 heteroatoms. The summed E-state index contributed by atoms with van der Waals surface area (Å²) in [6.07, 6.45) is 6.21. The molecular weight excluding hydrogens is 226 g/mol. The number of carbonyl (C=O) groups excluding carboxylic acids is 1. The average molecular weight is 247 g/mol. The largest absolute Gasteiger partial charge is 0.373 e. The summed E-state index contributed by atoms with van der Waals surface area (Å²) in [5, 5.41) is 2.97. The van der Waals surface area contributed by atoms with Crippen LogP contribution >= 0.6 is 0 Å². The zero-order valence-corrected chi connectivity index (χ0v) is 11.1. The van der Waals surface area contributed by atoms with E-state index in [0.717, 1.165) is 37.2 Å². The number of amides is 1. The average Bonchev–Trinajstić information content (AvgIpc) is 2.46. The van der Waals surface area contributed by atoms with Gasteiger partial charge in [-0.3, -0.25) is 4.79 Å². The second-order valence-electron chi connectivity index (χ2n) is 4.74. The van der Waals surface area contributed by atoms with Crippen molar-refractivity contribution in [1.29, 1.82) is 0 Å². The van der Waals surface area contributed by atoms with Crippen LogP contribution in [0.15, 0.2) is 18.3 Å². The number of pyridine rings is 1. The number of aromatic nitrogens is 1. The quantitative estimate of drug-likeness (QED) is 0.892. The van der Waals surface area contributed by atoms with Gasteiger partial charge in [0.05, 0.1) is 0 Å². The molecule has 0 aliphatic carbocycles. The van der Waals surface area contributed by atoms with Crippen molar-refractivity contribution >= 4 is 11.7 Å². The Bertz CT molecular complexity index is 419. The van der Waals surface area contributed by atoms with Gasteiger partial charge in [0.15, 0.2) is 0 Å². The lowest BCUT2D eigenvalue weighted by Gasteiger charge is -2.35. The first-order chi connectivity index (χ1) is 8.76. The van der Waals surface area contributed by atoms with Gasteiger partial charge in [0.1, 0.15) is 5.82 Å². The van der Waals surface area contributed by atoms with E-state index in [0.29, 0.717) is 6.04 Å². The van der Waals surface area contributed by atoms with Crippen LogP contribution in [0.25, 0.3) is 0 Å². The Morgan fingerprint density at radius 3 is 3.11 bits per heavy atom. The fraction of sp³-hybridized carbons (Fsp3) is 0.571. The van der Waals surface area contributed by atoms with Crippen LogP contribution in [0.1, 0.15) is 43.0 Å². The molecule has 1 aliphatic rings. The third kappa shape index (κ3) is 2.63. The number of piperidine rings is 1. The second-order valence-corrected chi connectivity index (χ2v) is 4.74. The topological polar surface area (TPSA) is 45.2 Å². The first kappa shape index (κ1) is 12.9. The van der Waals surface area contributed by atoms with E-state index < -0.39 is 0 Å². The van der Waals surface area contributed by atoms with E-state index in [-0.39, 0.29) is 5.91 Å². The Labute approximate surface area is 108 Å². The van der Waals surface area contributed by atoms with Crippen LogP contribution in [0, 0.1) is 0 Å². The molecule has 1 fully saturated rings. The maximum absolute atomic E-state index is 12.5. The van der Waals surface area contributed by atoms with Crippen LogP contribution < -0.4 is 5.32 Å². The third-order valence-corrected chi connectivity index (χ3v) is 3.62. The zero-order valence-electron chi connectivity index (χ0n) is 11.1. The van der Waals surface area contributed by atoms with Crippen molar-refractivity contribution in [2.45, 2.75) is 38.6 Å². The van der Waals surface area contributed by atoms with E-state index in [1.807, 2.05) is 18.0 Å². The predicted octanol–water partition coefficient (Wildman–Crippen LogP) is 2.53. The molecule has 1 saturated heterocycles. The number of likely N-dealkylation sites (tertiary alicyclic amines) is 1. The Hall–Kier alpha value is -1.58. The van der Waals surface area contributed by atoms with E-state index >= 15 is 0 Å². The number of rotatable bonds is 3. The molecule has 1 unspecified atom stereocenters. The number of hydrogen-bond acceptors (Lipinski definition) is 3. The first-order valence-corrected chi connectivity index (χ1v) is 6.71. The highest BCUT2D eigenvalue weighted by atomic mass is 16.2. The Morgan fingerprint density at radius 2 is 2.39 bits per heavy atom. The summed E-state index contributed by atoms with van der Waals surface area (Å²) >= 11 is 0. The Balaban J connectivity index is 2.18. The molecule has 0 radical (unpaired) electrons. The standard InChI is InChI=1S/C14H21N3O/c1-3-12-6-4-5-9-17(12)14(18)11-7-8-16-13(10-11)15-2/h7-8,10,12H,3-6,9H2,1-2H3,(H,15,16). The van der Waals surface area contributed by atoms with Crippen molar-refractivity contribution in [2.24, 2.45) is 0 Å². The van der Waals surface area contributed by atoms with Gasteiger partial charge in [-0.2, -0.15) is 0 Å². The van der Waals surface area contributed by atoms with Crippen molar-refractivity contribution in [3.8, 4) is 0 Å². The molecular formula is C14H21N3O. The summed E-state index contributed by atoms with van der Waals surface area (Å²) in [6.45, 7) is 3.04.